The van der Waals surface area contributed by atoms with E-state index in [0.717, 1.165) is 66.8 Å². The Morgan fingerprint density at radius 1 is 0.275 bits per heavy atom. The summed E-state index contributed by atoms with van der Waals surface area (Å²) in [7, 11) is 0. The van der Waals surface area contributed by atoms with Crippen molar-refractivity contribution >= 4 is 23.9 Å². The van der Waals surface area contributed by atoms with E-state index in [0.29, 0.717) is 51.7 Å². The summed E-state index contributed by atoms with van der Waals surface area (Å²) < 4.78 is 23.1. The van der Waals surface area contributed by atoms with Gasteiger partial charge in [-0.1, -0.05) is 194 Å². The first kappa shape index (κ1) is 52.3. The van der Waals surface area contributed by atoms with Crippen LogP contribution in [0.5, 0.6) is 0 Å². The number of carbonyl (C=O) groups is 4. The standard InChI is InChI=1S/C72H66O8/c1-3-77-65(73)37-41-69(57-29-13-5-21-49(57)50-22-6-14-30-58(50)69)47-71(61-33-17-9-25-53(61)54-26-10-18-34-62(54)71)43-39-67(75)79-45-46-80-68(76)40-44-72(63-35-19-11-27-55(63)56-28-12-20-36-64(56)72)48-70(42-38-66(74)78-4-2)59-31-15-7-23-51(59)52-24-8-16-32-60(52)70/h5-36H,3-4,37-48H2,1-2H3. The Morgan fingerprint density at radius 3 is 0.637 bits per heavy atom. The summed E-state index contributed by atoms with van der Waals surface area (Å²) in [5, 5.41) is 0. The number of fused-ring (bicyclic) bond motifs is 12. The number of hydrogen-bond acceptors (Lipinski definition) is 8. The maximum atomic E-state index is 14.2. The lowest BCUT2D eigenvalue weighted by atomic mass is 9.59. The van der Waals surface area contributed by atoms with Gasteiger partial charge < -0.3 is 18.9 Å². The molecule has 0 amide bonds. The van der Waals surface area contributed by atoms with Gasteiger partial charge in [0, 0.05) is 47.3 Å². The number of carbonyl (C=O) groups excluding carboxylic acids is 4. The van der Waals surface area contributed by atoms with Crippen LogP contribution in [0.1, 0.15) is 123 Å². The molecule has 4 aliphatic carbocycles. The summed E-state index contributed by atoms with van der Waals surface area (Å²) in [6.07, 6.45) is 3.86. The van der Waals surface area contributed by atoms with Crippen molar-refractivity contribution in [2.75, 3.05) is 26.4 Å². The molecule has 0 N–H and O–H groups in total. The minimum atomic E-state index is -0.647. The van der Waals surface area contributed by atoms with Crippen molar-refractivity contribution in [3.63, 3.8) is 0 Å². The minimum Gasteiger partial charge on any atom is -0.466 e. The van der Waals surface area contributed by atoms with Gasteiger partial charge in [-0.2, -0.15) is 0 Å². The first-order chi connectivity index (χ1) is 39.2. The SMILES string of the molecule is CCOC(=O)CCC1(CC2(CCC(=O)OCCOC(=O)CCC3(CC4(CCC(=O)OCC)c5ccccc5-c5ccccc54)c4ccccc4-c4ccccc43)c3ccccc3-c3ccccc32)c2ccccc2-c2ccccc21. The molecule has 0 heterocycles. The third kappa shape index (κ3) is 8.84. The van der Waals surface area contributed by atoms with Gasteiger partial charge in [0.1, 0.15) is 13.2 Å². The minimum absolute atomic E-state index is 0.0870. The van der Waals surface area contributed by atoms with Crippen molar-refractivity contribution in [2.24, 2.45) is 0 Å². The van der Waals surface area contributed by atoms with E-state index in [1.54, 1.807) is 0 Å². The molecular weight excluding hydrogens is 993 g/mol. The first-order valence-corrected chi connectivity index (χ1v) is 28.6. The highest BCUT2D eigenvalue weighted by Gasteiger charge is 2.55. The maximum absolute atomic E-state index is 14.2. The fourth-order valence-electron chi connectivity index (χ4n) is 15.1. The van der Waals surface area contributed by atoms with Crippen molar-refractivity contribution < 1.29 is 38.1 Å². The monoisotopic (exact) mass is 1060 g/mol. The predicted molar refractivity (Wildman–Crippen MR) is 312 cm³/mol. The zero-order valence-electron chi connectivity index (χ0n) is 45.6. The highest BCUT2D eigenvalue weighted by molar-refractivity contribution is 5.87. The van der Waals surface area contributed by atoms with Crippen molar-refractivity contribution in [3.8, 4) is 44.5 Å². The largest absolute Gasteiger partial charge is 0.466 e. The van der Waals surface area contributed by atoms with Crippen LogP contribution >= 0.6 is 0 Å². The van der Waals surface area contributed by atoms with Crippen molar-refractivity contribution in [2.45, 2.75) is 99.7 Å². The summed E-state index contributed by atoms with van der Waals surface area (Å²) in [5.74, 6) is -1.21. The molecule has 0 aromatic heterocycles. The summed E-state index contributed by atoms with van der Waals surface area (Å²) in [6, 6.07) is 68.3. The zero-order chi connectivity index (χ0) is 54.9. The molecule has 0 radical (unpaired) electrons. The van der Waals surface area contributed by atoms with Crippen LogP contribution in [0.3, 0.4) is 0 Å². The van der Waals surface area contributed by atoms with Crippen LogP contribution in [-0.4, -0.2) is 50.3 Å². The molecule has 0 aliphatic heterocycles. The van der Waals surface area contributed by atoms with Gasteiger partial charge in [-0.3, -0.25) is 19.2 Å². The summed E-state index contributed by atoms with van der Waals surface area (Å²) in [5.41, 5.74) is 16.0. The van der Waals surface area contributed by atoms with E-state index in [-0.39, 0.29) is 62.8 Å². The van der Waals surface area contributed by atoms with Crippen LogP contribution in [0.25, 0.3) is 44.5 Å². The lowest BCUT2D eigenvalue weighted by Crippen LogP contribution is -2.39. The quantitative estimate of drug-likeness (QED) is 0.0398. The van der Waals surface area contributed by atoms with Gasteiger partial charge in [0.2, 0.25) is 0 Å². The molecule has 0 atom stereocenters. The van der Waals surface area contributed by atoms with Gasteiger partial charge in [0.05, 0.1) is 13.2 Å². The smallest absolute Gasteiger partial charge is 0.305 e. The molecule has 80 heavy (non-hydrogen) atoms. The van der Waals surface area contributed by atoms with Gasteiger partial charge in [-0.15, -0.1) is 0 Å². The topological polar surface area (TPSA) is 105 Å². The molecule has 4 aliphatic rings. The highest BCUT2D eigenvalue weighted by Crippen LogP contribution is 2.64. The molecule has 8 nitrogen and oxygen atoms in total. The summed E-state index contributed by atoms with van der Waals surface area (Å²) in [4.78, 5) is 55.2. The number of ether oxygens (including phenoxy) is 4. The van der Waals surface area contributed by atoms with E-state index in [1.165, 1.54) is 22.3 Å². The average Bonchev–Trinajstić information content (AvgIpc) is 4.23. The lowest BCUT2D eigenvalue weighted by Gasteiger charge is -2.43. The Labute approximate surface area is 469 Å². The van der Waals surface area contributed by atoms with E-state index in [1.807, 2.05) is 13.8 Å². The maximum Gasteiger partial charge on any atom is 0.305 e. The third-order valence-electron chi connectivity index (χ3n) is 18.2. The van der Waals surface area contributed by atoms with Crippen LogP contribution in [0.2, 0.25) is 0 Å². The second kappa shape index (κ2) is 21.7. The van der Waals surface area contributed by atoms with Gasteiger partial charge >= 0.3 is 23.9 Å². The molecule has 12 rings (SSSR count). The molecule has 8 heteroatoms. The van der Waals surface area contributed by atoms with E-state index in [2.05, 4.69) is 194 Å². The van der Waals surface area contributed by atoms with Gasteiger partial charge in [-0.05, 0) is 141 Å². The van der Waals surface area contributed by atoms with E-state index >= 15 is 0 Å². The van der Waals surface area contributed by atoms with E-state index < -0.39 is 21.7 Å². The fraction of sp³-hybridized carbons (Fsp3) is 0.278. The molecule has 402 valence electrons. The van der Waals surface area contributed by atoms with Crippen LogP contribution in [0.4, 0.5) is 0 Å². The van der Waals surface area contributed by atoms with Crippen molar-refractivity contribution in [1.82, 2.24) is 0 Å². The van der Waals surface area contributed by atoms with E-state index in [9.17, 15) is 19.2 Å². The van der Waals surface area contributed by atoms with Crippen LogP contribution in [0, 0.1) is 0 Å². The van der Waals surface area contributed by atoms with Crippen LogP contribution < -0.4 is 0 Å². The molecular formula is C72H66O8. The molecule has 0 saturated heterocycles. The molecule has 0 bridgehead atoms. The molecule has 0 fully saturated rings. The average molecular weight is 1060 g/mol. The Kier molecular flexibility index (Phi) is 14.2. The molecule has 8 aromatic rings. The molecule has 0 spiro atoms. The van der Waals surface area contributed by atoms with E-state index in [4.69, 9.17) is 18.9 Å². The second-order valence-corrected chi connectivity index (χ2v) is 22.1. The van der Waals surface area contributed by atoms with Crippen molar-refractivity contribution in [3.05, 3.63) is 239 Å². The predicted octanol–water partition coefficient (Wildman–Crippen LogP) is 15.0. The Bertz CT molecular complexity index is 3260. The normalized spacial score (nSPS) is 15.2. The first-order valence-electron chi connectivity index (χ1n) is 28.6. The van der Waals surface area contributed by atoms with Gasteiger partial charge in [-0.25, -0.2) is 0 Å². The lowest BCUT2D eigenvalue weighted by molar-refractivity contribution is -0.152. The number of rotatable bonds is 21. The molecule has 8 aromatic carbocycles. The van der Waals surface area contributed by atoms with Crippen LogP contribution in [-0.2, 0) is 59.8 Å². The molecule has 0 saturated carbocycles. The Balaban J connectivity index is 0.796. The highest BCUT2D eigenvalue weighted by atomic mass is 16.6. The second-order valence-electron chi connectivity index (χ2n) is 22.1. The zero-order valence-corrected chi connectivity index (χ0v) is 45.6. The van der Waals surface area contributed by atoms with Crippen molar-refractivity contribution in [1.29, 1.82) is 0 Å². The van der Waals surface area contributed by atoms with Crippen LogP contribution in [0.15, 0.2) is 194 Å². The fourth-order valence-corrected chi connectivity index (χ4v) is 15.1. The number of esters is 4. The molecule has 0 unspecified atom stereocenters. The Hall–Kier alpha value is -8.36. The summed E-state index contributed by atoms with van der Waals surface area (Å²) in [6.45, 7) is 4.12. The van der Waals surface area contributed by atoms with Gasteiger partial charge in [0.15, 0.2) is 0 Å². The number of hydrogen-bond donors (Lipinski definition) is 0. The Morgan fingerprint density at radius 2 is 0.450 bits per heavy atom. The third-order valence-corrected chi connectivity index (χ3v) is 18.2. The number of benzene rings is 8. The summed E-state index contributed by atoms with van der Waals surface area (Å²) >= 11 is 0. The van der Waals surface area contributed by atoms with Gasteiger partial charge in [0.25, 0.3) is 0 Å².